The summed E-state index contributed by atoms with van der Waals surface area (Å²) < 4.78 is 17.4. The van der Waals surface area contributed by atoms with Gasteiger partial charge < -0.3 is 15.8 Å². The monoisotopic (exact) mass is 282 g/mol. The van der Waals surface area contributed by atoms with Gasteiger partial charge in [0.1, 0.15) is 11.9 Å². The number of nitrogens with two attached hydrogens (primary N) is 1. The summed E-state index contributed by atoms with van der Waals surface area (Å²) in [6, 6.07) is 3.56. The number of nitrogens with one attached hydrogen (secondary N) is 1. The highest BCUT2D eigenvalue weighted by molar-refractivity contribution is 5.98. The van der Waals surface area contributed by atoms with Crippen molar-refractivity contribution >= 4 is 17.8 Å². The Kier molecular flexibility index (Phi) is 5.64. The minimum Gasteiger partial charge on any atom is -0.466 e. The van der Waals surface area contributed by atoms with Crippen molar-refractivity contribution in [3.05, 3.63) is 35.6 Å². The molecule has 0 radical (unpaired) electrons. The van der Waals surface area contributed by atoms with Crippen molar-refractivity contribution in [2.45, 2.75) is 19.4 Å². The summed E-state index contributed by atoms with van der Waals surface area (Å²) in [6.07, 6.45) is -0.351. The molecule has 0 aliphatic rings. The van der Waals surface area contributed by atoms with Gasteiger partial charge in [-0.2, -0.15) is 0 Å². The highest BCUT2D eigenvalue weighted by atomic mass is 19.1. The summed E-state index contributed by atoms with van der Waals surface area (Å²) in [5, 5.41) is 2.30. The third-order valence-corrected chi connectivity index (χ3v) is 2.43. The topological polar surface area (TPSA) is 98.5 Å². The fourth-order valence-corrected chi connectivity index (χ4v) is 1.45. The van der Waals surface area contributed by atoms with E-state index in [2.05, 4.69) is 10.1 Å². The van der Waals surface area contributed by atoms with E-state index in [1.54, 1.807) is 6.92 Å². The summed E-state index contributed by atoms with van der Waals surface area (Å²) in [4.78, 5) is 34.3. The highest BCUT2D eigenvalue weighted by Crippen LogP contribution is 2.04. The van der Waals surface area contributed by atoms with Crippen LogP contribution in [-0.4, -0.2) is 30.4 Å². The Morgan fingerprint density at radius 1 is 1.30 bits per heavy atom. The fourth-order valence-electron chi connectivity index (χ4n) is 1.45. The van der Waals surface area contributed by atoms with Gasteiger partial charge in [-0.15, -0.1) is 0 Å². The zero-order chi connectivity index (χ0) is 15.1. The average molecular weight is 282 g/mol. The van der Waals surface area contributed by atoms with Crippen LogP contribution in [0.4, 0.5) is 4.39 Å². The number of hydrogen-bond donors (Lipinski definition) is 2. The first-order chi connectivity index (χ1) is 9.43. The van der Waals surface area contributed by atoms with Gasteiger partial charge in [0.2, 0.25) is 5.91 Å². The number of hydrogen-bond acceptors (Lipinski definition) is 4. The molecule has 6 nitrogen and oxygen atoms in total. The van der Waals surface area contributed by atoms with Gasteiger partial charge in [-0.3, -0.25) is 14.4 Å². The van der Waals surface area contributed by atoms with Gasteiger partial charge in [-0.25, -0.2) is 4.39 Å². The van der Waals surface area contributed by atoms with Crippen LogP contribution in [0.2, 0.25) is 0 Å². The maximum Gasteiger partial charge on any atom is 0.308 e. The molecule has 1 aromatic rings. The standard InChI is InChI=1S/C13H15FN2O4/c1-2-20-11(17)7-10(12(15)18)16-13(19)8-3-5-9(14)6-4-8/h3-6,10H,2,7H2,1H3,(H2,15,18)(H,16,19)/t10-/m0/s1. The molecule has 0 spiro atoms. The molecule has 1 rings (SSSR count). The molecule has 7 heteroatoms. The number of halogens is 1. The predicted octanol–water partition coefficient (Wildman–Crippen LogP) is 0.363. The second-order valence-electron chi connectivity index (χ2n) is 3.94. The molecule has 3 N–H and O–H groups in total. The van der Waals surface area contributed by atoms with Gasteiger partial charge in [0.25, 0.3) is 5.91 Å². The van der Waals surface area contributed by atoms with Crippen molar-refractivity contribution in [1.82, 2.24) is 5.32 Å². The molecule has 0 saturated heterocycles. The molecule has 0 unspecified atom stereocenters. The lowest BCUT2D eigenvalue weighted by Crippen LogP contribution is -2.45. The number of rotatable bonds is 6. The number of amides is 2. The molecule has 0 saturated carbocycles. The third-order valence-electron chi connectivity index (χ3n) is 2.43. The number of ether oxygens (including phenoxy) is 1. The molecule has 1 atom stereocenters. The quantitative estimate of drug-likeness (QED) is 0.736. The second kappa shape index (κ2) is 7.22. The smallest absolute Gasteiger partial charge is 0.308 e. The van der Waals surface area contributed by atoms with Gasteiger partial charge in [-0.05, 0) is 31.2 Å². The van der Waals surface area contributed by atoms with Crippen LogP contribution in [0.5, 0.6) is 0 Å². The molecule has 0 aliphatic carbocycles. The van der Waals surface area contributed by atoms with E-state index in [0.29, 0.717) is 0 Å². The first kappa shape index (κ1) is 15.6. The lowest BCUT2D eigenvalue weighted by atomic mass is 10.1. The van der Waals surface area contributed by atoms with E-state index in [1.165, 1.54) is 12.1 Å². The van der Waals surface area contributed by atoms with Crippen molar-refractivity contribution in [1.29, 1.82) is 0 Å². The van der Waals surface area contributed by atoms with Gasteiger partial charge in [0, 0.05) is 5.56 Å². The molecule has 0 heterocycles. The Balaban J connectivity index is 2.70. The second-order valence-corrected chi connectivity index (χ2v) is 3.94. The SMILES string of the molecule is CCOC(=O)C[C@H](NC(=O)c1ccc(F)cc1)C(N)=O. The number of benzene rings is 1. The van der Waals surface area contributed by atoms with Crippen LogP contribution in [0.1, 0.15) is 23.7 Å². The Morgan fingerprint density at radius 2 is 1.90 bits per heavy atom. The van der Waals surface area contributed by atoms with Gasteiger partial charge in [0.15, 0.2) is 0 Å². The van der Waals surface area contributed by atoms with Crippen molar-refractivity contribution in [2.24, 2.45) is 5.73 Å². The van der Waals surface area contributed by atoms with Crippen LogP contribution < -0.4 is 11.1 Å². The van der Waals surface area contributed by atoms with E-state index in [1.807, 2.05) is 0 Å². The van der Waals surface area contributed by atoms with Gasteiger partial charge >= 0.3 is 5.97 Å². The van der Waals surface area contributed by atoms with E-state index in [4.69, 9.17) is 5.73 Å². The summed E-state index contributed by atoms with van der Waals surface area (Å²) >= 11 is 0. The number of carbonyl (C=O) groups excluding carboxylic acids is 3. The van der Waals surface area contributed by atoms with Crippen molar-refractivity contribution in [3.63, 3.8) is 0 Å². The maximum atomic E-state index is 12.7. The Labute approximate surface area is 115 Å². The summed E-state index contributed by atoms with van der Waals surface area (Å²) in [7, 11) is 0. The Hall–Kier alpha value is -2.44. The van der Waals surface area contributed by atoms with Crippen molar-refractivity contribution in [2.75, 3.05) is 6.61 Å². The maximum absolute atomic E-state index is 12.7. The molecular formula is C13H15FN2O4. The largest absolute Gasteiger partial charge is 0.466 e. The molecule has 0 fully saturated rings. The van der Waals surface area contributed by atoms with Crippen LogP contribution in [0.15, 0.2) is 24.3 Å². The van der Waals surface area contributed by atoms with Crippen molar-refractivity contribution < 1.29 is 23.5 Å². The van der Waals surface area contributed by atoms with Gasteiger partial charge in [-0.1, -0.05) is 0 Å². The van der Waals surface area contributed by atoms with Crippen LogP contribution in [0.3, 0.4) is 0 Å². The third kappa shape index (κ3) is 4.68. The fraction of sp³-hybridized carbons (Fsp3) is 0.308. The molecule has 0 aliphatic heterocycles. The molecule has 0 bridgehead atoms. The summed E-state index contributed by atoms with van der Waals surface area (Å²) in [6.45, 7) is 1.78. The molecule has 20 heavy (non-hydrogen) atoms. The van der Waals surface area contributed by atoms with E-state index in [-0.39, 0.29) is 18.6 Å². The lowest BCUT2D eigenvalue weighted by Gasteiger charge is -2.14. The summed E-state index contributed by atoms with van der Waals surface area (Å²) in [5.74, 6) is -2.61. The first-order valence-electron chi connectivity index (χ1n) is 5.95. The van der Waals surface area contributed by atoms with Crippen molar-refractivity contribution in [3.8, 4) is 0 Å². The minimum atomic E-state index is -1.17. The van der Waals surface area contributed by atoms with Gasteiger partial charge in [0.05, 0.1) is 13.0 Å². The molecule has 2 amide bonds. The number of esters is 1. The van der Waals surface area contributed by atoms with Crippen LogP contribution in [0, 0.1) is 5.82 Å². The van der Waals surface area contributed by atoms with E-state index < -0.39 is 29.6 Å². The van der Waals surface area contributed by atoms with E-state index in [9.17, 15) is 18.8 Å². The van der Waals surface area contributed by atoms with Crippen LogP contribution >= 0.6 is 0 Å². The molecule has 108 valence electrons. The Morgan fingerprint density at radius 3 is 2.40 bits per heavy atom. The first-order valence-corrected chi connectivity index (χ1v) is 5.95. The molecular weight excluding hydrogens is 267 g/mol. The van der Waals surface area contributed by atoms with E-state index >= 15 is 0 Å². The zero-order valence-electron chi connectivity index (χ0n) is 10.9. The molecule has 1 aromatic carbocycles. The normalized spacial score (nSPS) is 11.5. The van der Waals surface area contributed by atoms with Crippen LogP contribution in [-0.2, 0) is 14.3 Å². The lowest BCUT2D eigenvalue weighted by molar-refractivity contribution is -0.145. The Bertz CT molecular complexity index is 502. The average Bonchev–Trinajstić information content (AvgIpc) is 2.38. The predicted molar refractivity (Wildman–Crippen MR) is 68.1 cm³/mol. The highest BCUT2D eigenvalue weighted by Gasteiger charge is 2.22. The minimum absolute atomic E-state index is 0.154. The zero-order valence-corrected chi connectivity index (χ0v) is 10.9. The molecule has 0 aromatic heterocycles. The summed E-state index contributed by atoms with van der Waals surface area (Å²) in [5.41, 5.74) is 5.26. The number of primary amides is 1. The number of carbonyl (C=O) groups is 3. The van der Waals surface area contributed by atoms with Crippen LogP contribution in [0.25, 0.3) is 0 Å². The van der Waals surface area contributed by atoms with E-state index in [0.717, 1.165) is 12.1 Å².